The molecular formula is C9H14F3NO4. The third-order valence-electron chi connectivity index (χ3n) is 2.12. The number of aliphatic carboxylic acids is 1. The highest BCUT2D eigenvalue weighted by molar-refractivity contribution is 5.80. The summed E-state index contributed by atoms with van der Waals surface area (Å²) in [7, 11) is 0. The Morgan fingerprint density at radius 3 is 2.29 bits per heavy atom. The largest absolute Gasteiger partial charge is 0.480 e. The van der Waals surface area contributed by atoms with Crippen molar-refractivity contribution in [3.63, 3.8) is 0 Å². The van der Waals surface area contributed by atoms with Crippen molar-refractivity contribution in [2.75, 3.05) is 6.61 Å². The van der Waals surface area contributed by atoms with E-state index in [-0.39, 0.29) is 0 Å². The van der Waals surface area contributed by atoms with Crippen LogP contribution in [0.1, 0.15) is 20.3 Å². The lowest BCUT2D eigenvalue weighted by Crippen LogP contribution is -2.45. The van der Waals surface area contributed by atoms with E-state index in [2.05, 4.69) is 4.74 Å². The number of alkyl halides is 3. The topological polar surface area (TPSA) is 75.6 Å². The fraction of sp³-hybridized carbons (Fsp3) is 0.778. The van der Waals surface area contributed by atoms with Gasteiger partial charge in [-0.1, -0.05) is 20.3 Å². The molecule has 2 atom stereocenters. The highest BCUT2D eigenvalue weighted by Crippen LogP contribution is 2.14. The van der Waals surface area contributed by atoms with Gasteiger partial charge in [-0.3, -0.25) is 0 Å². The molecule has 0 rings (SSSR count). The number of halogens is 3. The number of carbonyl (C=O) groups excluding carboxylic acids is 1. The molecule has 0 saturated carbocycles. The summed E-state index contributed by atoms with van der Waals surface area (Å²) in [4.78, 5) is 21.7. The van der Waals surface area contributed by atoms with E-state index in [1.54, 1.807) is 13.8 Å². The molecule has 0 bridgehead atoms. The van der Waals surface area contributed by atoms with E-state index in [1.807, 2.05) is 5.32 Å². The van der Waals surface area contributed by atoms with Crippen LogP contribution in [0.4, 0.5) is 18.0 Å². The molecule has 0 saturated heterocycles. The van der Waals surface area contributed by atoms with Gasteiger partial charge in [0, 0.05) is 0 Å². The van der Waals surface area contributed by atoms with Gasteiger partial charge in [0.25, 0.3) is 0 Å². The number of rotatable bonds is 5. The minimum Gasteiger partial charge on any atom is -0.480 e. The summed E-state index contributed by atoms with van der Waals surface area (Å²) in [5, 5.41) is 10.6. The maximum absolute atomic E-state index is 11.7. The van der Waals surface area contributed by atoms with Gasteiger partial charge in [-0.2, -0.15) is 13.2 Å². The minimum absolute atomic E-state index is 0.411. The molecule has 0 aliphatic carbocycles. The van der Waals surface area contributed by atoms with Crippen LogP contribution >= 0.6 is 0 Å². The number of amides is 1. The van der Waals surface area contributed by atoms with Crippen LogP contribution in [0.3, 0.4) is 0 Å². The first kappa shape index (κ1) is 15.5. The maximum atomic E-state index is 11.7. The number of hydrogen-bond acceptors (Lipinski definition) is 3. The number of ether oxygens (including phenoxy) is 1. The molecule has 0 aromatic carbocycles. The summed E-state index contributed by atoms with van der Waals surface area (Å²) in [6.45, 7) is 1.51. The molecule has 0 unspecified atom stereocenters. The van der Waals surface area contributed by atoms with Gasteiger partial charge in [0.2, 0.25) is 0 Å². The Bertz CT molecular complexity index is 280. The lowest BCUT2D eigenvalue weighted by molar-refractivity contribution is -0.160. The second kappa shape index (κ2) is 6.31. The Hall–Kier alpha value is -1.47. The molecule has 8 heteroatoms. The van der Waals surface area contributed by atoms with Crippen LogP contribution < -0.4 is 5.32 Å². The molecule has 0 aliphatic heterocycles. The van der Waals surface area contributed by atoms with Gasteiger partial charge in [-0.25, -0.2) is 9.59 Å². The van der Waals surface area contributed by atoms with Crippen LogP contribution in [-0.2, 0) is 9.53 Å². The van der Waals surface area contributed by atoms with Crippen molar-refractivity contribution in [1.82, 2.24) is 5.32 Å². The molecule has 0 aromatic heterocycles. The number of alkyl carbamates (subject to hydrolysis) is 1. The van der Waals surface area contributed by atoms with Crippen molar-refractivity contribution in [3.8, 4) is 0 Å². The number of hydrogen-bond donors (Lipinski definition) is 2. The first-order chi connectivity index (χ1) is 7.67. The van der Waals surface area contributed by atoms with Crippen LogP contribution in [0.15, 0.2) is 0 Å². The zero-order valence-corrected chi connectivity index (χ0v) is 9.37. The lowest BCUT2D eigenvalue weighted by Gasteiger charge is -2.19. The van der Waals surface area contributed by atoms with Crippen LogP contribution in [0.2, 0.25) is 0 Å². The average Bonchev–Trinajstić information content (AvgIpc) is 2.20. The molecule has 0 aromatic rings. The number of nitrogens with one attached hydrogen (secondary N) is 1. The molecule has 17 heavy (non-hydrogen) atoms. The molecular weight excluding hydrogens is 243 g/mol. The van der Waals surface area contributed by atoms with Crippen molar-refractivity contribution in [1.29, 1.82) is 0 Å². The Kier molecular flexibility index (Phi) is 5.77. The Morgan fingerprint density at radius 1 is 1.41 bits per heavy atom. The SMILES string of the molecule is CC[C@@H](C)[C@H](NC(=O)OCC(F)(F)F)C(=O)O. The van der Waals surface area contributed by atoms with Gasteiger partial charge in [0.05, 0.1) is 0 Å². The van der Waals surface area contributed by atoms with E-state index in [0.717, 1.165) is 0 Å². The molecule has 0 aliphatic rings. The van der Waals surface area contributed by atoms with E-state index >= 15 is 0 Å². The Morgan fingerprint density at radius 2 is 1.94 bits per heavy atom. The zero-order valence-electron chi connectivity index (χ0n) is 9.37. The van der Waals surface area contributed by atoms with Gasteiger partial charge in [0.15, 0.2) is 6.61 Å². The third kappa shape index (κ3) is 6.64. The highest BCUT2D eigenvalue weighted by Gasteiger charge is 2.31. The van der Waals surface area contributed by atoms with Crippen LogP contribution in [0.5, 0.6) is 0 Å². The number of carboxylic acid groups (broad SMARTS) is 1. The standard InChI is InChI=1S/C9H14F3NO4/c1-3-5(2)6(7(14)15)13-8(16)17-4-9(10,11)12/h5-6H,3-4H2,1-2H3,(H,13,16)(H,14,15)/t5-,6+/m1/s1. The summed E-state index contributed by atoms with van der Waals surface area (Å²) in [5.74, 6) is -1.73. The first-order valence-corrected chi connectivity index (χ1v) is 4.90. The van der Waals surface area contributed by atoms with Gasteiger partial charge in [-0.05, 0) is 5.92 Å². The zero-order chi connectivity index (χ0) is 13.6. The van der Waals surface area contributed by atoms with Crippen LogP contribution in [-0.4, -0.2) is 36.0 Å². The molecule has 1 amide bonds. The van der Waals surface area contributed by atoms with Gasteiger partial charge >= 0.3 is 18.2 Å². The van der Waals surface area contributed by atoms with E-state index < -0.39 is 36.8 Å². The van der Waals surface area contributed by atoms with Gasteiger partial charge in [0.1, 0.15) is 6.04 Å². The van der Waals surface area contributed by atoms with Crippen molar-refractivity contribution in [2.24, 2.45) is 5.92 Å². The third-order valence-corrected chi connectivity index (χ3v) is 2.12. The summed E-state index contributed by atoms with van der Waals surface area (Å²) in [5.41, 5.74) is 0. The van der Waals surface area contributed by atoms with Crippen molar-refractivity contribution in [2.45, 2.75) is 32.5 Å². The number of carboxylic acids is 1. The maximum Gasteiger partial charge on any atom is 0.422 e. The predicted molar refractivity (Wildman–Crippen MR) is 51.4 cm³/mol. The Labute approximate surface area is 95.9 Å². The smallest absolute Gasteiger partial charge is 0.422 e. The molecule has 5 nitrogen and oxygen atoms in total. The molecule has 0 radical (unpaired) electrons. The fourth-order valence-corrected chi connectivity index (χ4v) is 0.999. The lowest BCUT2D eigenvalue weighted by atomic mass is 10.00. The predicted octanol–water partition coefficient (Wildman–Crippen LogP) is 1.77. The normalized spacial score (nSPS) is 14.9. The highest BCUT2D eigenvalue weighted by atomic mass is 19.4. The second-order valence-corrected chi connectivity index (χ2v) is 3.54. The summed E-state index contributed by atoms with van der Waals surface area (Å²) in [6.07, 6.45) is -5.57. The molecule has 0 spiro atoms. The minimum atomic E-state index is -4.63. The van der Waals surface area contributed by atoms with E-state index in [1.165, 1.54) is 0 Å². The van der Waals surface area contributed by atoms with E-state index in [4.69, 9.17) is 5.11 Å². The van der Waals surface area contributed by atoms with E-state index in [0.29, 0.717) is 6.42 Å². The fourth-order valence-electron chi connectivity index (χ4n) is 0.999. The monoisotopic (exact) mass is 257 g/mol. The van der Waals surface area contributed by atoms with Gasteiger partial charge in [-0.15, -0.1) is 0 Å². The summed E-state index contributed by atoms with van der Waals surface area (Å²) >= 11 is 0. The van der Waals surface area contributed by atoms with Crippen molar-refractivity contribution >= 4 is 12.1 Å². The average molecular weight is 257 g/mol. The van der Waals surface area contributed by atoms with E-state index in [9.17, 15) is 22.8 Å². The van der Waals surface area contributed by atoms with Crippen molar-refractivity contribution < 1.29 is 32.6 Å². The first-order valence-electron chi connectivity index (χ1n) is 4.90. The molecule has 2 N–H and O–H groups in total. The van der Waals surface area contributed by atoms with Gasteiger partial charge < -0.3 is 15.2 Å². The van der Waals surface area contributed by atoms with Crippen LogP contribution in [0.25, 0.3) is 0 Å². The molecule has 100 valence electrons. The number of carbonyl (C=O) groups is 2. The molecule has 0 fully saturated rings. The van der Waals surface area contributed by atoms with Crippen molar-refractivity contribution in [3.05, 3.63) is 0 Å². The Balaban J connectivity index is 4.28. The molecule has 0 heterocycles. The quantitative estimate of drug-likeness (QED) is 0.787. The summed E-state index contributed by atoms with van der Waals surface area (Å²) in [6, 6.07) is -1.26. The van der Waals surface area contributed by atoms with Crippen LogP contribution in [0, 0.1) is 5.92 Å². The summed E-state index contributed by atoms with van der Waals surface area (Å²) < 4.78 is 39.0. The second-order valence-electron chi connectivity index (χ2n) is 3.54.